The van der Waals surface area contributed by atoms with Crippen molar-refractivity contribution >= 4 is 16.0 Å². The van der Waals surface area contributed by atoms with Gasteiger partial charge in [-0.15, -0.1) is 0 Å². The van der Waals surface area contributed by atoms with E-state index in [9.17, 15) is 13.2 Å². The van der Waals surface area contributed by atoms with Crippen molar-refractivity contribution < 1.29 is 17.8 Å². The molecule has 0 fully saturated rings. The highest BCUT2D eigenvalue weighted by Crippen LogP contribution is 2.13. The molecule has 1 amide bonds. The van der Waals surface area contributed by atoms with E-state index < -0.39 is 10.1 Å². The van der Waals surface area contributed by atoms with Crippen LogP contribution in [0.5, 0.6) is 0 Å². The fourth-order valence-corrected chi connectivity index (χ4v) is 3.68. The van der Waals surface area contributed by atoms with Crippen LogP contribution in [0.4, 0.5) is 0 Å². The fourth-order valence-electron chi connectivity index (χ4n) is 3.19. The lowest BCUT2D eigenvalue weighted by Gasteiger charge is -2.14. The summed E-state index contributed by atoms with van der Waals surface area (Å²) in [5.41, 5.74) is 0. The second-order valence-corrected chi connectivity index (χ2v) is 9.41. The van der Waals surface area contributed by atoms with Gasteiger partial charge in [0, 0.05) is 13.6 Å². The van der Waals surface area contributed by atoms with E-state index in [2.05, 4.69) is 6.92 Å². The Morgan fingerprint density at radius 2 is 1.29 bits per heavy atom. The first kappa shape index (κ1) is 27.1. The number of amides is 1. The van der Waals surface area contributed by atoms with Gasteiger partial charge in [0.15, 0.2) is 0 Å². The van der Waals surface area contributed by atoms with Gasteiger partial charge in [-0.3, -0.25) is 9.35 Å². The minimum Gasteiger partial charge on any atom is -0.342 e. The van der Waals surface area contributed by atoms with Gasteiger partial charge in [-0.25, -0.2) is 0 Å². The first-order chi connectivity index (χ1) is 13.4. The predicted octanol–water partition coefficient (Wildman–Crippen LogP) is 5.76. The van der Waals surface area contributed by atoms with Gasteiger partial charge in [0.25, 0.3) is 10.1 Å². The topological polar surface area (TPSA) is 74.7 Å². The summed E-state index contributed by atoms with van der Waals surface area (Å²) < 4.78 is 30.0. The van der Waals surface area contributed by atoms with Crippen LogP contribution in [0.1, 0.15) is 103 Å². The molecule has 6 heteroatoms. The molecule has 0 unspecified atom stereocenters. The maximum absolute atomic E-state index is 11.9. The number of nitrogens with zero attached hydrogens (tertiary/aromatic N) is 1. The van der Waals surface area contributed by atoms with Crippen LogP contribution in [0.15, 0.2) is 12.2 Å². The monoisotopic (exact) mass is 417 g/mol. The Labute approximate surface area is 173 Å². The van der Waals surface area contributed by atoms with E-state index >= 15 is 0 Å². The van der Waals surface area contributed by atoms with Gasteiger partial charge in [0.1, 0.15) is 0 Å². The molecule has 0 spiro atoms. The molecular weight excluding hydrogens is 374 g/mol. The molecule has 0 bridgehead atoms. The maximum Gasteiger partial charge on any atom is 0.264 e. The Kier molecular flexibility index (Phi) is 17.6. The average Bonchev–Trinajstić information content (AvgIpc) is 2.63. The quantitative estimate of drug-likeness (QED) is 0.165. The first-order valence-corrected chi connectivity index (χ1v) is 12.8. The maximum atomic E-state index is 11.9. The molecule has 0 saturated heterocycles. The highest BCUT2D eigenvalue weighted by molar-refractivity contribution is 7.85. The summed E-state index contributed by atoms with van der Waals surface area (Å²) in [4.78, 5) is 13.3. The highest BCUT2D eigenvalue weighted by atomic mass is 32.2. The largest absolute Gasteiger partial charge is 0.342 e. The summed E-state index contributed by atoms with van der Waals surface area (Å²) in [6.45, 7) is 2.58. The van der Waals surface area contributed by atoms with Crippen LogP contribution < -0.4 is 0 Å². The zero-order chi connectivity index (χ0) is 21.1. The minimum atomic E-state index is -3.95. The summed E-state index contributed by atoms with van der Waals surface area (Å²) in [6, 6.07) is 0. The minimum absolute atomic E-state index is 0.120. The van der Waals surface area contributed by atoms with Crippen LogP contribution >= 0.6 is 0 Å². The third-order valence-electron chi connectivity index (χ3n) is 5.01. The van der Waals surface area contributed by atoms with Crippen molar-refractivity contribution in [1.82, 2.24) is 4.90 Å². The van der Waals surface area contributed by atoms with Gasteiger partial charge in [0.2, 0.25) is 5.91 Å². The van der Waals surface area contributed by atoms with Gasteiger partial charge < -0.3 is 4.90 Å². The normalized spacial score (nSPS) is 12.0. The fraction of sp³-hybridized carbons (Fsp3) is 0.864. The summed E-state index contributed by atoms with van der Waals surface area (Å²) in [5.74, 6) is -0.433. The van der Waals surface area contributed by atoms with E-state index in [0.29, 0.717) is 6.54 Å². The standard InChI is InChI=1S/C22H43NO4S/c1-3-4-5-6-7-8-9-10-11-12-13-14-15-16-17-19-22(24)23(2)20-18-21-28(25,26)27/h17,19H,3-16,18,20-21H2,1-2H3,(H,25,26,27)/b19-17+. The molecule has 0 aliphatic carbocycles. The summed E-state index contributed by atoms with van der Waals surface area (Å²) in [7, 11) is -2.30. The van der Waals surface area contributed by atoms with Crippen LogP contribution in [-0.4, -0.2) is 43.1 Å². The first-order valence-electron chi connectivity index (χ1n) is 11.2. The highest BCUT2D eigenvalue weighted by Gasteiger charge is 2.08. The van der Waals surface area contributed by atoms with E-state index in [1.165, 1.54) is 81.9 Å². The van der Waals surface area contributed by atoms with E-state index in [1.807, 2.05) is 6.08 Å². The molecular formula is C22H43NO4S. The van der Waals surface area contributed by atoms with Gasteiger partial charge >= 0.3 is 0 Å². The van der Waals surface area contributed by atoms with E-state index in [4.69, 9.17) is 4.55 Å². The number of allylic oxidation sites excluding steroid dienone is 1. The van der Waals surface area contributed by atoms with Crippen molar-refractivity contribution in [2.45, 2.75) is 103 Å². The molecule has 0 rings (SSSR count). The second kappa shape index (κ2) is 18.2. The molecule has 0 heterocycles. The Hall–Kier alpha value is -0.880. The predicted molar refractivity (Wildman–Crippen MR) is 118 cm³/mol. The van der Waals surface area contributed by atoms with Crippen molar-refractivity contribution in [3.05, 3.63) is 12.2 Å². The number of rotatable bonds is 19. The van der Waals surface area contributed by atoms with Crippen molar-refractivity contribution in [3.63, 3.8) is 0 Å². The molecule has 0 atom stereocenters. The lowest BCUT2D eigenvalue weighted by atomic mass is 10.0. The SMILES string of the molecule is CCCCCCCCCCCCCCC/C=C/C(=O)N(C)CCCS(=O)(=O)O. The summed E-state index contributed by atoms with van der Waals surface area (Å²) in [5, 5.41) is 0. The Balaban J connectivity index is 3.44. The van der Waals surface area contributed by atoms with Crippen LogP contribution in [0.3, 0.4) is 0 Å². The zero-order valence-corrected chi connectivity index (χ0v) is 19.0. The molecule has 0 saturated carbocycles. The number of likely N-dealkylation sites (N-methyl/N-ethyl adjacent to an activating group) is 1. The molecule has 0 radical (unpaired) electrons. The molecule has 0 aromatic carbocycles. The Morgan fingerprint density at radius 1 is 0.821 bits per heavy atom. The lowest BCUT2D eigenvalue weighted by molar-refractivity contribution is -0.124. The Bertz CT molecular complexity index is 503. The van der Waals surface area contributed by atoms with Crippen LogP contribution in [0, 0.1) is 0 Å². The van der Waals surface area contributed by atoms with E-state index in [0.717, 1.165) is 12.8 Å². The van der Waals surface area contributed by atoms with Crippen LogP contribution in [-0.2, 0) is 14.9 Å². The van der Waals surface area contributed by atoms with Gasteiger partial charge in [0.05, 0.1) is 5.75 Å². The van der Waals surface area contributed by atoms with Gasteiger partial charge in [-0.05, 0) is 25.3 Å². The zero-order valence-electron chi connectivity index (χ0n) is 18.2. The number of unbranched alkanes of at least 4 members (excludes halogenated alkanes) is 13. The van der Waals surface area contributed by atoms with Crippen LogP contribution in [0.25, 0.3) is 0 Å². The number of carbonyl (C=O) groups excluding carboxylic acids is 1. The number of hydrogen-bond acceptors (Lipinski definition) is 3. The molecule has 1 N–H and O–H groups in total. The van der Waals surface area contributed by atoms with Crippen LogP contribution in [0.2, 0.25) is 0 Å². The third-order valence-corrected chi connectivity index (χ3v) is 5.81. The molecule has 0 aliphatic heterocycles. The summed E-state index contributed by atoms with van der Waals surface area (Å²) in [6.07, 6.45) is 21.9. The average molecular weight is 418 g/mol. The Morgan fingerprint density at radius 3 is 1.75 bits per heavy atom. The van der Waals surface area contributed by atoms with Crippen molar-refractivity contribution in [3.8, 4) is 0 Å². The van der Waals surface area contributed by atoms with Crippen molar-refractivity contribution in [2.24, 2.45) is 0 Å². The van der Waals surface area contributed by atoms with Gasteiger partial charge in [-0.2, -0.15) is 8.42 Å². The third kappa shape index (κ3) is 19.9. The van der Waals surface area contributed by atoms with Gasteiger partial charge in [-0.1, -0.05) is 90.0 Å². The molecule has 28 heavy (non-hydrogen) atoms. The lowest BCUT2D eigenvalue weighted by Crippen LogP contribution is -2.27. The van der Waals surface area contributed by atoms with Crippen molar-refractivity contribution in [2.75, 3.05) is 19.3 Å². The van der Waals surface area contributed by atoms with E-state index in [-0.39, 0.29) is 18.1 Å². The molecule has 0 aliphatic rings. The number of carbonyl (C=O) groups is 1. The molecule has 5 nitrogen and oxygen atoms in total. The number of hydrogen-bond donors (Lipinski definition) is 1. The smallest absolute Gasteiger partial charge is 0.264 e. The van der Waals surface area contributed by atoms with Crippen molar-refractivity contribution in [1.29, 1.82) is 0 Å². The van der Waals surface area contributed by atoms with E-state index in [1.54, 1.807) is 13.1 Å². The molecule has 0 aromatic rings. The molecule has 0 aromatic heterocycles. The second-order valence-electron chi connectivity index (χ2n) is 7.83. The summed E-state index contributed by atoms with van der Waals surface area (Å²) >= 11 is 0. The molecule has 166 valence electrons.